The number of rotatable bonds is 8. The van der Waals surface area contributed by atoms with Crippen LogP contribution in [0.2, 0.25) is 0 Å². The molecule has 188 valence electrons. The number of carbonyl (C=O) groups excluding carboxylic acids is 1. The lowest BCUT2D eigenvalue weighted by molar-refractivity contribution is -0.138. The van der Waals surface area contributed by atoms with Crippen LogP contribution >= 0.6 is 11.8 Å². The fourth-order valence-electron chi connectivity index (χ4n) is 4.27. The molecule has 2 aromatic carbocycles. The minimum atomic E-state index is -0.591. The van der Waals surface area contributed by atoms with E-state index in [-0.39, 0.29) is 6.61 Å². The SMILES string of the molecule is CCOC(=O)C1=C(C)NC(SCc2c(C)cc(C)cc2C)=N[C@H]1c1cc(OC)c(OC)c(OC)c1. The number of hydrogen-bond acceptors (Lipinski definition) is 8. The molecule has 0 unspecified atom stereocenters. The molecule has 1 heterocycles. The van der Waals surface area contributed by atoms with Gasteiger partial charge in [0.1, 0.15) is 6.04 Å². The Balaban J connectivity index is 2.04. The smallest absolute Gasteiger partial charge is 0.338 e. The minimum Gasteiger partial charge on any atom is -0.493 e. The van der Waals surface area contributed by atoms with Crippen molar-refractivity contribution < 1.29 is 23.7 Å². The van der Waals surface area contributed by atoms with Crippen LogP contribution in [0.5, 0.6) is 17.2 Å². The van der Waals surface area contributed by atoms with E-state index in [1.807, 2.05) is 19.1 Å². The zero-order valence-corrected chi connectivity index (χ0v) is 22.5. The predicted octanol–water partition coefficient (Wildman–Crippen LogP) is 5.41. The van der Waals surface area contributed by atoms with Crippen LogP contribution in [0.15, 0.2) is 40.5 Å². The van der Waals surface area contributed by atoms with Gasteiger partial charge in [0, 0.05) is 11.4 Å². The van der Waals surface area contributed by atoms with E-state index in [1.54, 1.807) is 40.0 Å². The van der Waals surface area contributed by atoms with Gasteiger partial charge in [0.15, 0.2) is 16.7 Å². The van der Waals surface area contributed by atoms with Crippen LogP contribution in [0.3, 0.4) is 0 Å². The average Bonchev–Trinajstić information content (AvgIpc) is 2.81. The van der Waals surface area contributed by atoms with Gasteiger partial charge in [0.25, 0.3) is 0 Å². The number of carbonyl (C=O) groups is 1. The normalized spacial score (nSPS) is 15.3. The fraction of sp³-hybridized carbons (Fsp3) is 0.407. The van der Waals surface area contributed by atoms with E-state index < -0.39 is 12.0 Å². The Hall–Kier alpha value is -3.13. The number of nitrogens with one attached hydrogen (secondary N) is 1. The van der Waals surface area contributed by atoms with Crippen molar-refractivity contribution in [3.8, 4) is 17.2 Å². The number of esters is 1. The fourth-order valence-corrected chi connectivity index (χ4v) is 5.41. The molecule has 1 N–H and O–H groups in total. The van der Waals surface area contributed by atoms with Crippen molar-refractivity contribution in [2.45, 2.75) is 46.4 Å². The Morgan fingerprint density at radius 2 is 1.57 bits per heavy atom. The first kappa shape index (κ1) is 26.5. The summed E-state index contributed by atoms with van der Waals surface area (Å²) in [4.78, 5) is 17.9. The van der Waals surface area contributed by atoms with E-state index in [0.29, 0.717) is 28.5 Å². The van der Waals surface area contributed by atoms with Crippen molar-refractivity contribution in [2.24, 2.45) is 4.99 Å². The molecule has 7 nitrogen and oxygen atoms in total. The minimum absolute atomic E-state index is 0.273. The zero-order valence-electron chi connectivity index (χ0n) is 21.7. The Bertz CT molecular complexity index is 1120. The monoisotopic (exact) mass is 498 g/mol. The molecule has 0 bridgehead atoms. The van der Waals surface area contributed by atoms with Crippen molar-refractivity contribution >= 4 is 22.9 Å². The summed E-state index contributed by atoms with van der Waals surface area (Å²) in [6, 6.07) is 7.45. The number of aryl methyl sites for hydroxylation is 3. The highest BCUT2D eigenvalue weighted by Crippen LogP contribution is 2.43. The molecule has 1 aliphatic rings. The summed E-state index contributed by atoms with van der Waals surface area (Å²) in [6.07, 6.45) is 0. The van der Waals surface area contributed by atoms with Gasteiger partial charge in [-0.15, -0.1) is 0 Å². The van der Waals surface area contributed by atoms with E-state index in [9.17, 15) is 4.79 Å². The van der Waals surface area contributed by atoms with Gasteiger partial charge in [0.05, 0.1) is 33.5 Å². The molecular formula is C27H34N2O5S. The van der Waals surface area contributed by atoms with Gasteiger partial charge in [0.2, 0.25) is 5.75 Å². The Morgan fingerprint density at radius 1 is 0.971 bits per heavy atom. The Kier molecular flexibility index (Phi) is 8.72. The lowest BCUT2D eigenvalue weighted by Gasteiger charge is -2.27. The third-order valence-corrected chi connectivity index (χ3v) is 6.82. The number of thioether (sulfide) groups is 1. The van der Waals surface area contributed by atoms with Crippen LogP contribution in [-0.4, -0.2) is 39.1 Å². The molecule has 0 spiro atoms. The average molecular weight is 499 g/mol. The van der Waals surface area contributed by atoms with Gasteiger partial charge in [-0.3, -0.25) is 0 Å². The van der Waals surface area contributed by atoms with Gasteiger partial charge < -0.3 is 24.3 Å². The summed E-state index contributed by atoms with van der Waals surface area (Å²) < 4.78 is 21.9. The van der Waals surface area contributed by atoms with Crippen molar-refractivity contribution in [3.63, 3.8) is 0 Å². The number of amidine groups is 1. The Labute approximate surface area is 211 Å². The molecule has 35 heavy (non-hydrogen) atoms. The molecule has 0 aliphatic carbocycles. The number of benzene rings is 2. The van der Waals surface area contributed by atoms with Crippen LogP contribution in [0.25, 0.3) is 0 Å². The van der Waals surface area contributed by atoms with Crippen molar-refractivity contribution in [1.29, 1.82) is 0 Å². The Morgan fingerprint density at radius 3 is 2.09 bits per heavy atom. The topological polar surface area (TPSA) is 78.4 Å². The summed E-state index contributed by atoms with van der Waals surface area (Å²) >= 11 is 1.61. The number of methoxy groups -OCH3 is 3. The van der Waals surface area contributed by atoms with Crippen molar-refractivity contribution in [3.05, 3.63) is 63.4 Å². The van der Waals surface area contributed by atoms with Gasteiger partial charge in [-0.05, 0) is 69.0 Å². The van der Waals surface area contributed by atoms with Crippen LogP contribution in [0.4, 0.5) is 0 Å². The number of aliphatic imine (C=N–C) groups is 1. The second-order valence-corrected chi connectivity index (χ2v) is 9.31. The molecule has 1 aliphatic heterocycles. The zero-order chi connectivity index (χ0) is 25.7. The number of ether oxygens (including phenoxy) is 4. The quantitative estimate of drug-likeness (QED) is 0.488. The molecule has 0 saturated heterocycles. The standard InChI is InChI=1S/C27H34N2O5S/c1-9-34-26(30)23-18(5)28-27(35-14-20-16(3)10-15(2)11-17(20)4)29-24(23)19-12-21(31-6)25(33-8)22(13-19)32-7/h10-13,24H,9,14H2,1-8H3,(H,28,29)/t24-/m0/s1. The molecule has 2 aromatic rings. The second kappa shape index (κ2) is 11.5. The third kappa shape index (κ3) is 5.75. The molecule has 0 amide bonds. The van der Waals surface area contributed by atoms with E-state index in [1.165, 1.54) is 22.3 Å². The summed E-state index contributed by atoms with van der Waals surface area (Å²) in [6.45, 7) is 10.3. The molecule has 0 fully saturated rings. The summed E-state index contributed by atoms with van der Waals surface area (Å²) in [5.41, 5.74) is 6.95. The van der Waals surface area contributed by atoms with E-state index >= 15 is 0 Å². The van der Waals surface area contributed by atoms with Gasteiger partial charge in [-0.25, -0.2) is 9.79 Å². The maximum atomic E-state index is 12.9. The molecule has 0 radical (unpaired) electrons. The van der Waals surface area contributed by atoms with Crippen LogP contribution in [0, 0.1) is 20.8 Å². The first-order valence-electron chi connectivity index (χ1n) is 11.5. The highest BCUT2D eigenvalue weighted by Gasteiger charge is 2.32. The van der Waals surface area contributed by atoms with E-state index in [2.05, 4.69) is 38.2 Å². The number of hydrogen-bond donors (Lipinski definition) is 1. The van der Waals surface area contributed by atoms with Gasteiger partial charge >= 0.3 is 5.97 Å². The number of nitrogens with zero attached hydrogens (tertiary/aromatic N) is 1. The molecule has 3 rings (SSSR count). The van der Waals surface area contributed by atoms with Crippen molar-refractivity contribution in [1.82, 2.24) is 5.32 Å². The highest BCUT2D eigenvalue weighted by molar-refractivity contribution is 8.13. The number of allylic oxidation sites excluding steroid dienone is 1. The first-order chi connectivity index (χ1) is 16.7. The third-order valence-electron chi connectivity index (χ3n) is 5.91. The van der Waals surface area contributed by atoms with E-state index in [4.69, 9.17) is 23.9 Å². The van der Waals surface area contributed by atoms with Crippen LogP contribution < -0.4 is 19.5 Å². The van der Waals surface area contributed by atoms with Crippen molar-refractivity contribution in [2.75, 3.05) is 27.9 Å². The summed E-state index contributed by atoms with van der Waals surface area (Å²) in [5.74, 6) is 1.82. The molecule has 0 saturated carbocycles. The highest BCUT2D eigenvalue weighted by atomic mass is 32.2. The largest absolute Gasteiger partial charge is 0.493 e. The summed E-state index contributed by atoms with van der Waals surface area (Å²) in [7, 11) is 4.68. The van der Waals surface area contributed by atoms with Crippen LogP contribution in [-0.2, 0) is 15.3 Å². The maximum Gasteiger partial charge on any atom is 0.338 e. The van der Waals surface area contributed by atoms with E-state index in [0.717, 1.165) is 16.5 Å². The first-order valence-corrected chi connectivity index (χ1v) is 12.4. The second-order valence-electron chi connectivity index (χ2n) is 8.35. The molecular weight excluding hydrogens is 464 g/mol. The molecule has 0 aromatic heterocycles. The lowest BCUT2D eigenvalue weighted by atomic mass is 9.96. The predicted molar refractivity (Wildman–Crippen MR) is 141 cm³/mol. The lowest BCUT2D eigenvalue weighted by Crippen LogP contribution is -2.30. The van der Waals surface area contributed by atoms with Crippen LogP contribution in [0.1, 0.15) is 47.7 Å². The van der Waals surface area contributed by atoms with Gasteiger partial charge in [-0.1, -0.05) is 29.5 Å². The summed E-state index contributed by atoms with van der Waals surface area (Å²) in [5, 5.41) is 4.04. The molecule has 8 heteroatoms. The maximum absolute atomic E-state index is 12.9. The molecule has 1 atom stereocenters. The van der Waals surface area contributed by atoms with Gasteiger partial charge in [-0.2, -0.15) is 0 Å².